The first-order valence-corrected chi connectivity index (χ1v) is 10.8. The zero-order chi connectivity index (χ0) is 19.8. The van der Waals surface area contributed by atoms with Crippen LogP contribution in [0.15, 0.2) is 48.6 Å². The smallest absolute Gasteiger partial charge is 0.303 e. The molecule has 0 aromatic rings. The molecule has 0 saturated carbocycles. The van der Waals surface area contributed by atoms with E-state index in [0.29, 0.717) is 6.42 Å². The Morgan fingerprint density at radius 2 is 1.19 bits per heavy atom. The summed E-state index contributed by atoms with van der Waals surface area (Å²) in [6.45, 7) is 4.02. The second kappa shape index (κ2) is 22.4. The molecule has 0 amide bonds. The second-order valence-electron chi connectivity index (χ2n) is 6.83. The van der Waals surface area contributed by atoms with Crippen LogP contribution < -0.4 is 5.32 Å². The molecular formula is C24H41NO2. The van der Waals surface area contributed by atoms with Gasteiger partial charge in [0.2, 0.25) is 0 Å². The molecule has 0 aliphatic carbocycles. The Kier molecular flexibility index (Phi) is 21.1. The van der Waals surface area contributed by atoms with Gasteiger partial charge in [0.25, 0.3) is 0 Å². The first-order chi connectivity index (χ1) is 13.3. The third-order valence-electron chi connectivity index (χ3n) is 4.18. The van der Waals surface area contributed by atoms with Crippen LogP contribution in [0.3, 0.4) is 0 Å². The van der Waals surface area contributed by atoms with Crippen LogP contribution in [0.5, 0.6) is 0 Å². The van der Waals surface area contributed by atoms with Crippen molar-refractivity contribution in [3.05, 3.63) is 48.6 Å². The summed E-state index contributed by atoms with van der Waals surface area (Å²) >= 11 is 0. The molecule has 0 rings (SSSR count). The lowest BCUT2D eigenvalue weighted by atomic mass is 10.2. The Labute approximate surface area is 167 Å². The summed E-state index contributed by atoms with van der Waals surface area (Å²) in [5.41, 5.74) is 0. The van der Waals surface area contributed by atoms with Gasteiger partial charge in [-0.05, 0) is 70.9 Å². The third kappa shape index (κ3) is 24.4. The maximum atomic E-state index is 10.4. The molecular weight excluding hydrogens is 334 g/mol. The highest BCUT2D eigenvalue weighted by molar-refractivity contribution is 5.66. The molecule has 0 unspecified atom stereocenters. The van der Waals surface area contributed by atoms with Gasteiger partial charge in [0.15, 0.2) is 0 Å². The average molecular weight is 376 g/mol. The minimum Gasteiger partial charge on any atom is -0.481 e. The Morgan fingerprint density at radius 3 is 1.70 bits per heavy atom. The molecule has 0 atom stereocenters. The Balaban J connectivity index is 3.33. The van der Waals surface area contributed by atoms with E-state index in [-0.39, 0.29) is 6.42 Å². The predicted octanol–water partition coefficient (Wildman–Crippen LogP) is 6.59. The largest absolute Gasteiger partial charge is 0.481 e. The topological polar surface area (TPSA) is 49.3 Å². The molecule has 27 heavy (non-hydrogen) atoms. The zero-order valence-electron chi connectivity index (χ0n) is 17.4. The lowest BCUT2D eigenvalue weighted by Crippen LogP contribution is -2.17. The Morgan fingerprint density at radius 1 is 0.704 bits per heavy atom. The minimum absolute atomic E-state index is 0.259. The van der Waals surface area contributed by atoms with E-state index < -0.39 is 5.97 Å². The van der Waals surface area contributed by atoms with Crippen LogP contribution in [0, 0.1) is 0 Å². The van der Waals surface area contributed by atoms with Gasteiger partial charge in [0, 0.05) is 6.42 Å². The molecule has 0 aromatic heterocycles. The molecule has 2 N–H and O–H groups in total. The fraction of sp³-hybridized carbons (Fsp3) is 0.625. The highest BCUT2D eigenvalue weighted by Crippen LogP contribution is 2.01. The highest BCUT2D eigenvalue weighted by atomic mass is 16.4. The van der Waals surface area contributed by atoms with Crippen molar-refractivity contribution in [3.63, 3.8) is 0 Å². The van der Waals surface area contributed by atoms with Crippen LogP contribution in [0.2, 0.25) is 0 Å². The summed E-state index contributed by atoms with van der Waals surface area (Å²) in [5.74, 6) is -0.711. The van der Waals surface area contributed by atoms with E-state index in [1.165, 1.54) is 32.1 Å². The van der Waals surface area contributed by atoms with Gasteiger partial charge in [0.05, 0.1) is 0 Å². The van der Waals surface area contributed by atoms with E-state index in [9.17, 15) is 4.79 Å². The van der Waals surface area contributed by atoms with Crippen LogP contribution in [0.25, 0.3) is 0 Å². The molecule has 0 saturated heterocycles. The van der Waals surface area contributed by atoms with E-state index >= 15 is 0 Å². The molecule has 154 valence electrons. The van der Waals surface area contributed by atoms with Crippen LogP contribution in [0.4, 0.5) is 0 Å². The number of carboxylic acids is 1. The fourth-order valence-electron chi connectivity index (χ4n) is 2.56. The maximum absolute atomic E-state index is 10.4. The van der Waals surface area contributed by atoms with Crippen LogP contribution in [0.1, 0.15) is 84.0 Å². The van der Waals surface area contributed by atoms with E-state index in [0.717, 1.165) is 45.2 Å². The first-order valence-electron chi connectivity index (χ1n) is 10.8. The van der Waals surface area contributed by atoms with Gasteiger partial charge in [0.1, 0.15) is 0 Å². The number of aliphatic carboxylic acids is 1. The fourth-order valence-corrected chi connectivity index (χ4v) is 2.56. The number of unbranched alkanes of at least 4 members (excludes halogenated alkanes) is 5. The molecule has 0 aromatic carbocycles. The molecule has 0 fully saturated rings. The van der Waals surface area contributed by atoms with Gasteiger partial charge in [-0.3, -0.25) is 4.79 Å². The van der Waals surface area contributed by atoms with Crippen molar-refractivity contribution in [2.45, 2.75) is 84.0 Å². The van der Waals surface area contributed by atoms with Gasteiger partial charge >= 0.3 is 5.97 Å². The third-order valence-corrected chi connectivity index (χ3v) is 4.18. The number of hydrogen-bond donors (Lipinski definition) is 2. The normalized spacial score (nSPS) is 12.3. The zero-order valence-corrected chi connectivity index (χ0v) is 17.4. The summed E-state index contributed by atoms with van der Waals surface area (Å²) in [5, 5.41) is 11.8. The standard InChI is InChI=1S/C24H41NO2/c1-2-3-4-5-6-7-8-9-10-11-12-13-14-15-16-17-18-19-22-25-23-20-21-24(26)27/h6-7,9-10,12-13,15-16,25H,2-5,8,11,14,17-23H2,1H3,(H,26,27). The lowest BCUT2D eigenvalue weighted by Gasteiger charge is -2.02. The SMILES string of the molecule is CCCCCC=CCC=CCC=CCC=CCCCCNCCCC(=O)O. The number of hydrogen-bond acceptors (Lipinski definition) is 2. The van der Waals surface area contributed by atoms with Crippen molar-refractivity contribution >= 4 is 5.97 Å². The second-order valence-corrected chi connectivity index (χ2v) is 6.83. The Bertz CT molecular complexity index is 436. The summed E-state index contributed by atoms with van der Waals surface area (Å²) in [6, 6.07) is 0. The highest BCUT2D eigenvalue weighted by Gasteiger charge is 1.95. The van der Waals surface area contributed by atoms with E-state index in [1.807, 2.05) is 0 Å². The molecule has 0 bridgehead atoms. The number of carboxylic acid groups (broad SMARTS) is 1. The van der Waals surface area contributed by atoms with Gasteiger partial charge < -0.3 is 10.4 Å². The number of rotatable bonds is 19. The van der Waals surface area contributed by atoms with Gasteiger partial charge in [-0.1, -0.05) is 68.4 Å². The van der Waals surface area contributed by atoms with Crippen molar-refractivity contribution < 1.29 is 9.90 Å². The first kappa shape index (κ1) is 25.4. The van der Waals surface area contributed by atoms with E-state index in [2.05, 4.69) is 60.8 Å². The summed E-state index contributed by atoms with van der Waals surface area (Å²) < 4.78 is 0. The van der Waals surface area contributed by atoms with Crippen molar-refractivity contribution in [1.29, 1.82) is 0 Å². The van der Waals surface area contributed by atoms with Gasteiger partial charge in [-0.25, -0.2) is 0 Å². The lowest BCUT2D eigenvalue weighted by molar-refractivity contribution is -0.137. The number of allylic oxidation sites excluding steroid dienone is 8. The molecule has 0 aliphatic rings. The van der Waals surface area contributed by atoms with Gasteiger partial charge in [-0.2, -0.15) is 0 Å². The van der Waals surface area contributed by atoms with Crippen LogP contribution >= 0.6 is 0 Å². The maximum Gasteiger partial charge on any atom is 0.303 e. The predicted molar refractivity (Wildman–Crippen MR) is 118 cm³/mol. The molecule has 3 heteroatoms. The molecule has 0 heterocycles. The van der Waals surface area contributed by atoms with Crippen molar-refractivity contribution in [2.24, 2.45) is 0 Å². The monoisotopic (exact) mass is 375 g/mol. The summed E-state index contributed by atoms with van der Waals surface area (Å²) in [6.07, 6.45) is 30.7. The van der Waals surface area contributed by atoms with Crippen LogP contribution in [-0.2, 0) is 4.79 Å². The molecule has 0 spiro atoms. The summed E-state index contributed by atoms with van der Waals surface area (Å²) in [4.78, 5) is 10.4. The van der Waals surface area contributed by atoms with Crippen molar-refractivity contribution in [2.75, 3.05) is 13.1 Å². The van der Waals surface area contributed by atoms with E-state index in [4.69, 9.17) is 5.11 Å². The Hall–Kier alpha value is -1.61. The molecule has 0 aliphatic heterocycles. The van der Waals surface area contributed by atoms with Gasteiger partial charge in [-0.15, -0.1) is 0 Å². The van der Waals surface area contributed by atoms with Crippen molar-refractivity contribution in [1.82, 2.24) is 5.32 Å². The van der Waals surface area contributed by atoms with Crippen LogP contribution in [-0.4, -0.2) is 24.2 Å². The minimum atomic E-state index is -0.711. The quantitative estimate of drug-likeness (QED) is 0.198. The summed E-state index contributed by atoms with van der Waals surface area (Å²) in [7, 11) is 0. The van der Waals surface area contributed by atoms with E-state index in [1.54, 1.807) is 0 Å². The average Bonchev–Trinajstić information content (AvgIpc) is 2.65. The number of carbonyl (C=O) groups is 1. The molecule has 0 radical (unpaired) electrons. The number of nitrogens with one attached hydrogen (secondary N) is 1. The van der Waals surface area contributed by atoms with Crippen molar-refractivity contribution in [3.8, 4) is 0 Å². The molecule has 3 nitrogen and oxygen atoms in total.